The number of nitrogens with two attached hydrogens (primary N) is 1. The molecule has 0 heterocycles. The van der Waals surface area contributed by atoms with Crippen molar-refractivity contribution in [3.63, 3.8) is 0 Å². The minimum atomic E-state index is 0.488. The molecule has 0 spiro atoms. The van der Waals surface area contributed by atoms with Gasteiger partial charge in [0.25, 0.3) is 0 Å². The van der Waals surface area contributed by atoms with Crippen molar-refractivity contribution >= 4 is 0 Å². The van der Waals surface area contributed by atoms with Gasteiger partial charge in [-0.05, 0) is 38.5 Å². The molecule has 58 valence electrons. The van der Waals surface area contributed by atoms with Gasteiger partial charge in [0.15, 0.2) is 0 Å². The second-order valence-electron chi connectivity index (χ2n) is 3.20. The Morgan fingerprint density at radius 1 is 1.20 bits per heavy atom. The summed E-state index contributed by atoms with van der Waals surface area (Å²) in [7, 11) is 0. The lowest BCUT2D eigenvalue weighted by Gasteiger charge is -2.23. The fraction of sp³-hybridized carbons (Fsp3) is 0.778. The Hall–Kier alpha value is -0.300. The highest BCUT2D eigenvalue weighted by Crippen LogP contribution is 2.23. The molecule has 0 atom stereocenters. The van der Waals surface area contributed by atoms with Crippen molar-refractivity contribution in [2.45, 2.75) is 38.6 Å². The first-order valence-electron chi connectivity index (χ1n) is 4.21. The Balaban J connectivity index is 2.26. The second-order valence-corrected chi connectivity index (χ2v) is 3.20. The molecule has 0 amide bonds. The molecule has 0 saturated heterocycles. The summed E-state index contributed by atoms with van der Waals surface area (Å²) in [5.41, 5.74) is 5.77. The van der Waals surface area contributed by atoms with E-state index in [4.69, 9.17) is 5.73 Å². The second kappa shape index (κ2) is 3.77. The van der Waals surface area contributed by atoms with Crippen LogP contribution < -0.4 is 5.73 Å². The van der Waals surface area contributed by atoms with Gasteiger partial charge in [-0.2, -0.15) is 0 Å². The third-order valence-electron chi connectivity index (χ3n) is 2.28. The van der Waals surface area contributed by atoms with E-state index in [1.165, 1.54) is 25.7 Å². The first-order chi connectivity index (χ1) is 4.83. The van der Waals surface area contributed by atoms with Crippen molar-refractivity contribution in [3.8, 4) is 0 Å². The lowest BCUT2D eigenvalue weighted by molar-refractivity contribution is 0.375. The molecule has 1 aliphatic rings. The zero-order chi connectivity index (χ0) is 7.40. The summed E-state index contributed by atoms with van der Waals surface area (Å²) in [6.07, 6.45) is 9.49. The van der Waals surface area contributed by atoms with E-state index in [0.717, 1.165) is 5.92 Å². The summed E-state index contributed by atoms with van der Waals surface area (Å²) >= 11 is 0. The molecule has 1 nitrogen and oxygen atoms in total. The molecule has 1 heteroatoms. The van der Waals surface area contributed by atoms with Crippen LogP contribution in [0.4, 0.5) is 0 Å². The molecule has 0 aromatic carbocycles. The van der Waals surface area contributed by atoms with Crippen LogP contribution in [0.15, 0.2) is 12.2 Å². The standard InChI is InChI=1S/C9H17N/c1-2-3-8-4-6-9(10)7-5-8/h2-3,8-9H,4-7,10H2,1H3/b3-2-. The minimum Gasteiger partial charge on any atom is -0.328 e. The maximum Gasteiger partial charge on any atom is 0.00392 e. The monoisotopic (exact) mass is 139 g/mol. The van der Waals surface area contributed by atoms with Gasteiger partial charge in [-0.15, -0.1) is 0 Å². The quantitative estimate of drug-likeness (QED) is 0.553. The van der Waals surface area contributed by atoms with Crippen molar-refractivity contribution in [3.05, 3.63) is 12.2 Å². The molecular weight excluding hydrogens is 122 g/mol. The Labute approximate surface area is 63.3 Å². The maximum atomic E-state index is 5.77. The van der Waals surface area contributed by atoms with Crippen LogP contribution in [0.2, 0.25) is 0 Å². The van der Waals surface area contributed by atoms with Gasteiger partial charge in [0.05, 0.1) is 0 Å². The first kappa shape index (κ1) is 7.80. The van der Waals surface area contributed by atoms with E-state index in [-0.39, 0.29) is 0 Å². The normalized spacial score (nSPS) is 35.0. The molecule has 2 N–H and O–H groups in total. The average Bonchev–Trinajstić information content (AvgIpc) is 1.95. The predicted molar refractivity (Wildman–Crippen MR) is 44.7 cm³/mol. The van der Waals surface area contributed by atoms with Crippen molar-refractivity contribution < 1.29 is 0 Å². The van der Waals surface area contributed by atoms with Gasteiger partial charge in [-0.25, -0.2) is 0 Å². The smallest absolute Gasteiger partial charge is 0.00392 e. The van der Waals surface area contributed by atoms with Crippen molar-refractivity contribution in [2.75, 3.05) is 0 Å². The van der Waals surface area contributed by atoms with E-state index in [9.17, 15) is 0 Å². The van der Waals surface area contributed by atoms with Crippen LogP contribution >= 0.6 is 0 Å². The van der Waals surface area contributed by atoms with Crippen LogP contribution in [0.5, 0.6) is 0 Å². The number of hydrogen-bond donors (Lipinski definition) is 1. The first-order valence-corrected chi connectivity index (χ1v) is 4.21. The zero-order valence-corrected chi connectivity index (χ0v) is 6.72. The Bertz CT molecular complexity index is 110. The third-order valence-corrected chi connectivity index (χ3v) is 2.28. The van der Waals surface area contributed by atoms with Crippen molar-refractivity contribution in [1.82, 2.24) is 0 Å². The summed E-state index contributed by atoms with van der Waals surface area (Å²) in [5.74, 6) is 0.824. The van der Waals surface area contributed by atoms with Crippen molar-refractivity contribution in [2.24, 2.45) is 11.7 Å². The lowest BCUT2D eigenvalue weighted by atomic mass is 9.86. The van der Waals surface area contributed by atoms with Crippen LogP contribution in [-0.2, 0) is 0 Å². The maximum absolute atomic E-state index is 5.77. The molecule has 1 rings (SSSR count). The van der Waals surface area contributed by atoms with Crippen LogP contribution in [0.1, 0.15) is 32.6 Å². The van der Waals surface area contributed by atoms with Crippen LogP contribution in [0, 0.1) is 5.92 Å². The third kappa shape index (κ3) is 2.14. The summed E-state index contributed by atoms with van der Waals surface area (Å²) in [4.78, 5) is 0. The summed E-state index contributed by atoms with van der Waals surface area (Å²) in [5, 5.41) is 0. The average molecular weight is 139 g/mol. The summed E-state index contributed by atoms with van der Waals surface area (Å²) in [6, 6.07) is 0.488. The van der Waals surface area contributed by atoms with Crippen molar-refractivity contribution in [1.29, 1.82) is 0 Å². The Morgan fingerprint density at radius 3 is 2.30 bits per heavy atom. The van der Waals surface area contributed by atoms with E-state index in [1.54, 1.807) is 0 Å². The molecule has 0 radical (unpaired) electrons. The zero-order valence-electron chi connectivity index (χ0n) is 6.72. The number of allylic oxidation sites excluding steroid dienone is 2. The molecule has 0 aromatic heterocycles. The van der Waals surface area contributed by atoms with E-state index in [0.29, 0.717) is 6.04 Å². The predicted octanol–water partition coefficient (Wildman–Crippen LogP) is 2.08. The highest BCUT2D eigenvalue weighted by atomic mass is 14.6. The van der Waals surface area contributed by atoms with Gasteiger partial charge >= 0.3 is 0 Å². The molecule has 0 aromatic rings. The molecule has 10 heavy (non-hydrogen) atoms. The fourth-order valence-electron chi connectivity index (χ4n) is 1.61. The fourth-order valence-corrected chi connectivity index (χ4v) is 1.61. The van der Waals surface area contributed by atoms with Gasteiger partial charge in [-0.3, -0.25) is 0 Å². The van der Waals surface area contributed by atoms with Gasteiger partial charge < -0.3 is 5.73 Å². The number of hydrogen-bond acceptors (Lipinski definition) is 1. The van der Waals surface area contributed by atoms with E-state index in [1.807, 2.05) is 0 Å². The van der Waals surface area contributed by atoms with Crippen LogP contribution in [0.25, 0.3) is 0 Å². The van der Waals surface area contributed by atoms with E-state index < -0.39 is 0 Å². The lowest BCUT2D eigenvalue weighted by Crippen LogP contribution is -2.25. The topological polar surface area (TPSA) is 26.0 Å². The highest BCUT2D eigenvalue weighted by molar-refractivity contribution is 4.89. The van der Waals surface area contributed by atoms with Gasteiger partial charge in [-0.1, -0.05) is 12.2 Å². The molecule has 1 aliphatic carbocycles. The molecule has 0 aliphatic heterocycles. The molecular formula is C9H17N. The Morgan fingerprint density at radius 2 is 1.80 bits per heavy atom. The molecule has 0 bridgehead atoms. The van der Waals surface area contributed by atoms with E-state index >= 15 is 0 Å². The van der Waals surface area contributed by atoms with Crippen LogP contribution in [-0.4, -0.2) is 6.04 Å². The SMILES string of the molecule is C/C=C\C1CCC(N)CC1. The number of rotatable bonds is 1. The largest absolute Gasteiger partial charge is 0.328 e. The molecule has 1 saturated carbocycles. The van der Waals surface area contributed by atoms with Gasteiger partial charge in [0, 0.05) is 6.04 Å². The minimum absolute atomic E-state index is 0.488. The summed E-state index contributed by atoms with van der Waals surface area (Å²) < 4.78 is 0. The van der Waals surface area contributed by atoms with Gasteiger partial charge in [0.2, 0.25) is 0 Å². The highest BCUT2D eigenvalue weighted by Gasteiger charge is 2.15. The van der Waals surface area contributed by atoms with Crippen LogP contribution in [0.3, 0.4) is 0 Å². The summed E-state index contributed by atoms with van der Waals surface area (Å²) in [6.45, 7) is 2.09. The Kier molecular flexibility index (Phi) is 2.94. The van der Waals surface area contributed by atoms with Gasteiger partial charge in [0.1, 0.15) is 0 Å². The molecule has 1 fully saturated rings. The van der Waals surface area contributed by atoms with E-state index in [2.05, 4.69) is 19.1 Å². The molecule has 0 unspecified atom stereocenters.